The van der Waals surface area contributed by atoms with E-state index in [9.17, 15) is 4.79 Å². The first-order valence-electron chi connectivity index (χ1n) is 4.59. The van der Waals surface area contributed by atoms with E-state index in [4.69, 9.17) is 4.74 Å². The maximum Gasteiger partial charge on any atom is 0.331 e. The van der Waals surface area contributed by atoms with Crippen molar-refractivity contribution in [2.24, 2.45) is 0 Å². The number of rotatable bonds is 2. The fourth-order valence-electron chi connectivity index (χ4n) is 1.14. The van der Waals surface area contributed by atoms with Gasteiger partial charge in [-0.1, -0.05) is 0 Å². The molecule has 0 aliphatic heterocycles. The first kappa shape index (κ1) is 10.2. The molecule has 6 heteroatoms. The zero-order chi connectivity index (χ0) is 11.4. The number of imidazole rings is 1. The lowest BCUT2D eigenvalue weighted by atomic mass is 10.4. The summed E-state index contributed by atoms with van der Waals surface area (Å²) >= 11 is 0. The molecular weight excluding hydrogens is 208 g/mol. The van der Waals surface area contributed by atoms with Crippen molar-refractivity contribution < 1.29 is 9.53 Å². The van der Waals surface area contributed by atoms with Gasteiger partial charge in [0, 0.05) is 18.5 Å². The molecule has 0 aliphatic carbocycles. The van der Waals surface area contributed by atoms with Crippen LogP contribution in [-0.4, -0.2) is 27.7 Å². The Morgan fingerprint density at radius 2 is 2.38 bits per heavy atom. The summed E-state index contributed by atoms with van der Waals surface area (Å²) in [7, 11) is 1.53. The van der Waals surface area contributed by atoms with Gasteiger partial charge in [-0.25, -0.2) is 14.8 Å². The number of carbonyl (C=O) groups is 1. The highest BCUT2D eigenvalue weighted by Crippen LogP contribution is 2.10. The van der Waals surface area contributed by atoms with Crippen molar-refractivity contribution in [3.05, 3.63) is 37.1 Å². The lowest BCUT2D eigenvalue weighted by molar-refractivity contribution is 0.253. The predicted octanol–water partition coefficient (Wildman–Crippen LogP) is 1.37. The van der Waals surface area contributed by atoms with Gasteiger partial charge in [-0.2, -0.15) is 0 Å². The summed E-state index contributed by atoms with van der Waals surface area (Å²) in [5.74, 6) is 0.501. The Morgan fingerprint density at radius 1 is 1.50 bits per heavy atom. The van der Waals surface area contributed by atoms with Crippen LogP contribution in [0.15, 0.2) is 37.1 Å². The first-order valence-corrected chi connectivity index (χ1v) is 4.59. The van der Waals surface area contributed by atoms with Gasteiger partial charge in [-0.15, -0.1) is 0 Å². The third-order valence-corrected chi connectivity index (χ3v) is 1.94. The second kappa shape index (κ2) is 4.43. The summed E-state index contributed by atoms with van der Waals surface area (Å²) in [4.78, 5) is 19.3. The van der Waals surface area contributed by atoms with Crippen LogP contribution in [-0.2, 0) is 0 Å². The molecule has 0 radical (unpaired) electrons. The fourth-order valence-corrected chi connectivity index (χ4v) is 1.14. The van der Waals surface area contributed by atoms with Gasteiger partial charge in [0.2, 0.25) is 5.88 Å². The largest absolute Gasteiger partial charge is 0.481 e. The number of aromatic nitrogens is 3. The van der Waals surface area contributed by atoms with Crippen LogP contribution >= 0.6 is 0 Å². The summed E-state index contributed by atoms with van der Waals surface area (Å²) in [6, 6.07) is 3.09. The Labute approximate surface area is 91.9 Å². The van der Waals surface area contributed by atoms with E-state index in [1.807, 2.05) is 0 Å². The van der Waals surface area contributed by atoms with Gasteiger partial charge in [0.15, 0.2) is 0 Å². The predicted molar refractivity (Wildman–Crippen MR) is 57.4 cm³/mol. The smallest absolute Gasteiger partial charge is 0.331 e. The minimum atomic E-state index is -0.288. The summed E-state index contributed by atoms with van der Waals surface area (Å²) in [5.41, 5.74) is 0.597. The van der Waals surface area contributed by atoms with E-state index in [0.717, 1.165) is 0 Å². The third kappa shape index (κ3) is 2.17. The highest BCUT2D eigenvalue weighted by Gasteiger charge is 2.03. The van der Waals surface area contributed by atoms with Crippen molar-refractivity contribution >= 4 is 11.7 Å². The molecule has 2 aromatic rings. The molecule has 2 aromatic heterocycles. The molecular formula is C10H10N4O2. The molecule has 82 valence electrons. The number of amides is 1. The second-order valence-corrected chi connectivity index (χ2v) is 2.99. The van der Waals surface area contributed by atoms with Crippen LogP contribution < -0.4 is 10.1 Å². The van der Waals surface area contributed by atoms with E-state index >= 15 is 0 Å². The molecule has 2 rings (SSSR count). The number of pyridine rings is 1. The van der Waals surface area contributed by atoms with Crippen LogP contribution in [0, 0.1) is 0 Å². The summed E-state index contributed by atoms with van der Waals surface area (Å²) in [5, 5.41) is 2.66. The van der Waals surface area contributed by atoms with E-state index < -0.39 is 0 Å². The van der Waals surface area contributed by atoms with Gasteiger partial charge in [0.1, 0.15) is 6.33 Å². The molecule has 0 fully saturated rings. The third-order valence-electron chi connectivity index (χ3n) is 1.94. The number of hydrogen-bond acceptors (Lipinski definition) is 4. The number of anilines is 1. The fraction of sp³-hybridized carbons (Fsp3) is 0.100. The highest BCUT2D eigenvalue weighted by molar-refractivity contribution is 5.90. The van der Waals surface area contributed by atoms with Gasteiger partial charge in [-0.3, -0.25) is 4.57 Å². The average Bonchev–Trinajstić information content (AvgIpc) is 2.83. The van der Waals surface area contributed by atoms with Gasteiger partial charge in [0.05, 0.1) is 19.0 Å². The molecule has 0 saturated carbocycles. The topological polar surface area (TPSA) is 69.0 Å². The van der Waals surface area contributed by atoms with Gasteiger partial charge in [0.25, 0.3) is 0 Å². The molecule has 0 bridgehead atoms. The molecule has 1 amide bonds. The zero-order valence-electron chi connectivity index (χ0n) is 8.62. The Balaban J connectivity index is 2.06. The lowest BCUT2D eigenvalue weighted by Crippen LogP contribution is -2.17. The zero-order valence-corrected chi connectivity index (χ0v) is 8.62. The van der Waals surface area contributed by atoms with Crippen LogP contribution in [0.5, 0.6) is 5.88 Å². The standard InChI is InChI=1S/C10H10N4O2/c1-16-9-3-2-8(6-12-9)13-10(15)14-5-4-11-7-14/h2-7H,1H3,(H,13,15). The van der Waals surface area contributed by atoms with E-state index in [0.29, 0.717) is 11.6 Å². The molecule has 2 heterocycles. The number of ether oxygens (including phenoxy) is 1. The summed E-state index contributed by atoms with van der Waals surface area (Å²) in [6.07, 6.45) is 6.04. The minimum absolute atomic E-state index is 0.288. The normalized spacial score (nSPS) is 9.81. The Kier molecular flexibility index (Phi) is 2.81. The molecule has 1 N–H and O–H groups in total. The molecule has 6 nitrogen and oxygen atoms in total. The number of methoxy groups -OCH3 is 1. The van der Waals surface area contributed by atoms with Crippen molar-refractivity contribution in [1.82, 2.24) is 14.5 Å². The quantitative estimate of drug-likeness (QED) is 0.826. The van der Waals surface area contributed by atoms with Crippen LogP contribution in [0.25, 0.3) is 0 Å². The first-order chi connectivity index (χ1) is 7.79. The molecule has 0 saturated heterocycles. The van der Waals surface area contributed by atoms with Crippen LogP contribution in [0.3, 0.4) is 0 Å². The molecule has 0 atom stereocenters. The van der Waals surface area contributed by atoms with Gasteiger partial charge >= 0.3 is 6.03 Å². The van der Waals surface area contributed by atoms with Gasteiger partial charge in [-0.05, 0) is 6.07 Å². The van der Waals surface area contributed by atoms with Crippen LogP contribution in [0.4, 0.5) is 10.5 Å². The SMILES string of the molecule is COc1ccc(NC(=O)n2ccnc2)cn1. The molecule has 0 aromatic carbocycles. The monoisotopic (exact) mass is 218 g/mol. The van der Waals surface area contributed by atoms with Crippen molar-refractivity contribution in [3.8, 4) is 5.88 Å². The van der Waals surface area contributed by atoms with Gasteiger partial charge < -0.3 is 10.1 Å². The van der Waals surface area contributed by atoms with Crippen molar-refractivity contribution in [2.45, 2.75) is 0 Å². The minimum Gasteiger partial charge on any atom is -0.481 e. The maximum atomic E-state index is 11.6. The number of hydrogen-bond donors (Lipinski definition) is 1. The molecule has 0 aliphatic rings. The van der Waals surface area contributed by atoms with E-state index in [-0.39, 0.29) is 6.03 Å². The second-order valence-electron chi connectivity index (χ2n) is 2.99. The van der Waals surface area contributed by atoms with Crippen molar-refractivity contribution in [3.63, 3.8) is 0 Å². The molecule has 0 unspecified atom stereocenters. The molecule has 0 spiro atoms. The van der Waals surface area contributed by atoms with E-state index in [1.54, 1.807) is 18.3 Å². The van der Waals surface area contributed by atoms with Crippen LogP contribution in [0.2, 0.25) is 0 Å². The lowest BCUT2D eigenvalue weighted by Gasteiger charge is -2.05. The highest BCUT2D eigenvalue weighted by atomic mass is 16.5. The van der Waals surface area contributed by atoms with Crippen molar-refractivity contribution in [1.29, 1.82) is 0 Å². The summed E-state index contributed by atoms with van der Waals surface area (Å²) < 4.78 is 6.24. The number of carbonyl (C=O) groups excluding carboxylic acids is 1. The Morgan fingerprint density at radius 3 is 2.94 bits per heavy atom. The number of nitrogens with one attached hydrogen (secondary N) is 1. The van der Waals surface area contributed by atoms with Crippen molar-refractivity contribution in [2.75, 3.05) is 12.4 Å². The Hall–Kier alpha value is -2.37. The number of nitrogens with zero attached hydrogens (tertiary/aromatic N) is 3. The maximum absolute atomic E-state index is 11.6. The van der Waals surface area contributed by atoms with Crippen LogP contribution in [0.1, 0.15) is 0 Å². The molecule has 16 heavy (non-hydrogen) atoms. The average molecular weight is 218 g/mol. The Bertz CT molecular complexity index is 464. The van der Waals surface area contributed by atoms with E-state index in [1.165, 1.54) is 30.4 Å². The van der Waals surface area contributed by atoms with E-state index in [2.05, 4.69) is 15.3 Å². The summed E-state index contributed by atoms with van der Waals surface area (Å²) in [6.45, 7) is 0.